The van der Waals surface area contributed by atoms with Gasteiger partial charge in [0.1, 0.15) is 0 Å². The highest BCUT2D eigenvalue weighted by Gasteiger charge is 2.20. The maximum Gasteiger partial charge on any atom is 0.223 e. The molecule has 0 spiro atoms. The number of hydrogen-bond donors (Lipinski definition) is 1. The van der Waals surface area contributed by atoms with Gasteiger partial charge in [0, 0.05) is 43.4 Å². The first kappa shape index (κ1) is 13.9. The Labute approximate surface area is 125 Å². The minimum absolute atomic E-state index is 0.419. The van der Waals surface area contributed by atoms with Crippen molar-refractivity contribution in [1.29, 1.82) is 0 Å². The molecule has 21 heavy (non-hydrogen) atoms. The van der Waals surface area contributed by atoms with Crippen molar-refractivity contribution in [3.8, 4) is 0 Å². The van der Waals surface area contributed by atoms with Gasteiger partial charge in [-0.15, -0.1) is 0 Å². The first-order valence-corrected chi connectivity index (χ1v) is 7.47. The fourth-order valence-corrected chi connectivity index (χ4v) is 2.76. The summed E-state index contributed by atoms with van der Waals surface area (Å²) in [4.78, 5) is 15.3. The molecule has 0 aliphatic carbocycles. The van der Waals surface area contributed by atoms with Crippen LogP contribution in [0.1, 0.15) is 24.1 Å². The van der Waals surface area contributed by atoms with Crippen molar-refractivity contribution in [3.05, 3.63) is 48.0 Å². The summed E-state index contributed by atoms with van der Waals surface area (Å²) < 4.78 is 0. The van der Waals surface area contributed by atoms with Gasteiger partial charge in [0.15, 0.2) is 0 Å². The predicted octanol–water partition coefficient (Wildman–Crippen LogP) is 2.26. The zero-order chi connectivity index (χ0) is 14.5. The van der Waals surface area contributed by atoms with E-state index in [-0.39, 0.29) is 0 Å². The van der Waals surface area contributed by atoms with Crippen molar-refractivity contribution in [2.45, 2.75) is 32.4 Å². The zero-order valence-corrected chi connectivity index (χ0v) is 12.4. The lowest BCUT2D eigenvalue weighted by atomic mass is 10.1. The fourth-order valence-electron chi connectivity index (χ4n) is 2.76. The Kier molecular flexibility index (Phi) is 4.40. The van der Waals surface area contributed by atoms with Crippen molar-refractivity contribution >= 4 is 5.95 Å². The molecule has 5 heteroatoms. The van der Waals surface area contributed by atoms with Crippen LogP contribution in [0.15, 0.2) is 36.8 Å². The van der Waals surface area contributed by atoms with Gasteiger partial charge >= 0.3 is 0 Å². The van der Waals surface area contributed by atoms with Crippen molar-refractivity contribution < 1.29 is 0 Å². The summed E-state index contributed by atoms with van der Waals surface area (Å²) in [6.07, 6.45) is 7.89. The number of aryl methyl sites for hydroxylation is 1. The topological polar surface area (TPSA) is 53.9 Å². The number of hydrogen-bond acceptors (Lipinski definition) is 5. The maximum atomic E-state index is 4.43. The quantitative estimate of drug-likeness (QED) is 0.932. The van der Waals surface area contributed by atoms with Crippen LogP contribution in [0.2, 0.25) is 0 Å². The van der Waals surface area contributed by atoms with Gasteiger partial charge in [0.05, 0.1) is 0 Å². The molecule has 0 bridgehead atoms. The molecule has 2 aromatic heterocycles. The first-order chi connectivity index (χ1) is 10.3. The van der Waals surface area contributed by atoms with Crippen LogP contribution in [0.25, 0.3) is 0 Å². The van der Waals surface area contributed by atoms with Crippen LogP contribution in [-0.2, 0) is 6.54 Å². The molecule has 0 amide bonds. The Morgan fingerprint density at radius 1 is 1.24 bits per heavy atom. The third-order valence-corrected chi connectivity index (χ3v) is 3.79. The summed E-state index contributed by atoms with van der Waals surface area (Å²) in [5.41, 5.74) is 2.31. The molecule has 3 heterocycles. The van der Waals surface area contributed by atoms with Gasteiger partial charge in [0.25, 0.3) is 0 Å². The van der Waals surface area contributed by atoms with E-state index in [0.717, 1.165) is 31.3 Å². The van der Waals surface area contributed by atoms with Gasteiger partial charge in [-0.25, -0.2) is 9.97 Å². The average Bonchev–Trinajstić information content (AvgIpc) is 2.49. The highest BCUT2D eigenvalue weighted by molar-refractivity contribution is 5.26. The van der Waals surface area contributed by atoms with Crippen molar-refractivity contribution in [3.63, 3.8) is 0 Å². The minimum atomic E-state index is 0.419. The molecule has 0 aromatic carbocycles. The highest BCUT2D eigenvalue weighted by atomic mass is 15.2. The van der Waals surface area contributed by atoms with E-state index in [1.807, 2.05) is 31.6 Å². The summed E-state index contributed by atoms with van der Waals surface area (Å²) in [7, 11) is 0. The Balaban J connectivity index is 1.58. The molecule has 0 radical (unpaired) electrons. The van der Waals surface area contributed by atoms with Gasteiger partial charge in [-0.05, 0) is 50.1 Å². The van der Waals surface area contributed by atoms with E-state index in [0.29, 0.717) is 6.04 Å². The fraction of sp³-hybridized carbons (Fsp3) is 0.438. The molecule has 1 unspecified atom stereocenters. The Morgan fingerprint density at radius 2 is 2.10 bits per heavy atom. The number of aromatic nitrogens is 3. The van der Waals surface area contributed by atoms with Gasteiger partial charge in [0.2, 0.25) is 5.95 Å². The standard InChI is InChI=1S/C16H21N5/c1-13-4-9-18-16(19-13)20-15-3-2-10-21(12-15)11-14-5-7-17-8-6-14/h4-9,15H,2-3,10-12H2,1H3,(H,18,19,20). The molecule has 1 aliphatic rings. The summed E-state index contributed by atoms with van der Waals surface area (Å²) in [5, 5.41) is 3.46. The molecular formula is C16H21N5. The second-order valence-electron chi connectivity index (χ2n) is 5.60. The molecule has 110 valence electrons. The van der Waals surface area contributed by atoms with Crippen LogP contribution in [0.5, 0.6) is 0 Å². The highest BCUT2D eigenvalue weighted by Crippen LogP contribution is 2.16. The minimum Gasteiger partial charge on any atom is -0.350 e. The zero-order valence-electron chi connectivity index (χ0n) is 12.4. The molecule has 5 nitrogen and oxygen atoms in total. The third-order valence-electron chi connectivity index (χ3n) is 3.79. The van der Waals surface area contributed by atoms with Crippen LogP contribution in [0.4, 0.5) is 5.95 Å². The first-order valence-electron chi connectivity index (χ1n) is 7.47. The summed E-state index contributed by atoms with van der Waals surface area (Å²) in [6, 6.07) is 6.51. The predicted molar refractivity (Wildman–Crippen MR) is 82.9 cm³/mol. The molecule has 1 atom stereocenters. The lowest BCUT2D eigenvalue weighted by Crippen LogP contribution is -2.41. The number of rotatable bonds is 4. The van der Waals surface area contributed by atoms with E-state index in [1.165, 1.54) is 18.4 Å². The molecule has 1 fully saturated rings. The number of nitrogens with one attached hydrogen (secondary N) is 1. The van der Waals surface area contributed by atoms with E-state index < -0.39 is 0 Å². The number of pyridine rings is 1. The average molecular weight is 283 g/mol. The molecule has 0 saturated carbocycles. The van der Waals surface area contributed by atoms with E-state index in [2.05, 4.69) is 37.3 Å². The van der Waals surface area contributed by atoms with Gasteiger partial charge in [-0.2, -0.15) is 0 Å². The van der Waals surface area contributed by atoms with E-state index in [9.17, 15) is 0 Å². The molecule has 1 aliphatic heterocycles. The van der Waals surface area contributed by atoms with E-state index in [1.54, 1.807) is 0 Å². The molecule has 3 rings (SSSR count). The Hall–Kier alpha value is -2.01. The van der Waals surface area contributed by atoms with Crippen LogP contribution in [0, 0.1) is 6.92 Å². The summed E-state index contributed by atoms with van der Waals surface area (Å²) in [6.45, 7) is 5.15. The number of piperidine rings is 1. The molecule has 2 aromatic rings. The van der Waals surface area contributed by atoms with Gasteiger partial charge < -0.3 is 5.32 Å². The van der Waals surface area contributed by atoms with Crippen LogP contribution in [0.3, 0.4) is 0 Å². The van der Waals surface area contributed by atoms with Crippen molar-refractivity contribution in [1.82, 2.24) is 19.9 Å². The molecule has 1 saturated heterocycles. The van der Waals surface area contributed by atoms with Gasteiger partial charge in [-0.3, -0.25) is 9.88 Å². The summed E-state index contributed by atoms with van der Waals surface area (Å²) in [5.74, 6) is 0.741. The summed E-state index contributed by atoms with van der Waals surface area (Å²) >= 11 is 0. The molecule has 1 N–H and O–H groups in total. The maximum absolute atomic E-state index is 4.43. The smallest absolute Gasteiger partial charge is 0.223 e. The largest absolute Gasteiger partial charge is 0.350 e. The second kappa shape index (κ2) is 6.63. The van der Waals surface area contributed by atoms with Crippen LogP contribution < -0.4 is 5.32 Å². The molecular weight excluding hydrogens is 262 g/mol. The van der Waals surface area contributed by atoms with E-state index >= 15 is 0 Å². The number of nitrogens with zero attached hydrogens (tertiary/aromatic N) is 4. The monoisotopic (exact) mass is 283 g/mol. The number of likely N-dealkylation sites (tertiary alicyclic amines) is 1. The Bertz CT molecular complexity index is 572. The Morgan fingerprint density at radius 3 is 2.90 bits per heavy atom. The van der Waals surface area contributed by atoms with Crippen molar-refractivity contribution in [2.24, 2.45) is 0 Å². The van der Waals surface area contributed by atoms with Crippen LogP contribution in [-0.4, -0.2) is 39.0 Å². The second-order valence-corrected chi connectivity index (χ2v) is 5.60. The SMILES string of the molecule is Cc1ccnc(NC2CCCN(Cc3ccncc3)C2)n1. The van der Waals surface area contributed by atoms with Gasteiger partial charge in [-0.1, -0.05) is 0 Å². The number of anilines is 1. The lowest BCUT2D eigenvalue weighted by Gasteiger charge is -2.33. The lowest BCUT2D eigenvalue weighted by molar-refractivity contribution is 0.208. The van der Waals surface area contributed by atoms with E-state index in [4.69, 9.17) is 0 Å². The normalized spacial score (nSPS) is 19.4. The third kappa shape index (κ3) is 3.98. The van der Waals surface area contributed by atoms with Crippen LogP contribution >= 0.6 is 0 Å². The van der Waals surface area contributed by atoms with Crippen molar-refractivity contribution in [2.75, 3.05) is 18.4 Å².